The second kappa shape index (κ2) is 9.21. The van der Waals surface area contributed by atoms with Crippen LogP contribution in [0.3, 0.4) is 0 Å². The number of hydrogen-bond acceptors (Lipinski definition) is 6. The van der Waals surface area contributed by atoms with Gasteiger partial charge in [0.05, 0.1) is 24.8 Å². The van der Waals surface area contributed by atoms with E-state index in [0.717, 1.165) is 60.8 Å². The van der Waals surface area contributed by atoms with Crippen LogP contribution in [-0.4, -0.2) is 57.1 Å². The van der Waals surface area contributed by atoms with Crippen LogP contribution in [-0.2, 0) is 4.74 Å². The number of morpholine rings is 1. The van der Waals surface area contributed by atoms with Crippen LogP contribution >= 0.6 is 0 Å². The molecule has 1 atom stereocenters. The summed E-state index contributed by atoms with van der Waals surface area (Å²) in [6.45, 7) is 4.11. The molecular weight excluding hydrogens is 424 g/mol. The fourth-order valence-electron chi connectivity index (χ4n) is 4.61. The molecule has 1 aliphatic heterocycles. The van der Waals surface area contributed by atoms with Crippen LogP contribution in [0.1, 0.15) is 11.6 Å². The van der Waals surface area contributed by atoms with Gasteiger partial charge in [0.25, 0.3) is 0 Å². The van der Waals surface area contributed by atoms with E-state index in [1.165, 1.54) is 5.56 Å². The first-order valence-corrected chi connectivity index (χ1v) is 11.7. The molecule has 3 aromatic heterocycles. The van der Waals surface area contributed by atoms with E-state index < -0.39 is 0 Å². The highest BCUT2D eigenvalue weighted by atomic mass is 16.5. The molecule has 1 fully saturated rings. The van der Waals surface area contributed by atoms with E-state index in [1.807, 2.05) is 47.1 Å². The number of rotatable bonds is 6. The molecule has 1 unspecified atom stereocenters. The Kier molecular flexibility index (Phi) is 5.63. The van der Waals surface area contributed by atoms with Crippen molar-refractivity contribution in [2.24, 2.45) is 0 Å². The van der Waals surface area contributed by atoms with E-state index in [-0.39, 0.29) is 6.04 Å². The van der Waals surface area contributed by atoms with Gasteiger partial charge in [0.15, 0.2) is 5.82 Å². The summed E-state index contributed by atoms with van der Waals surface area (Å²) in [5.74, 6) is 1.54. The van der Waals surface area contributed by atoms with Crippen LogP contribution in [0.2, 0.25) is 0 Å². The van der Waals surface area contributed by atoms with Crippen molar-refractivity contribution < 1.29 is 4.74 Å². The zero-order chi connectivity index (χ0) is 22.7. The van der Waals surface area contributed by atoms with Gasteiger partial charge in [-0.3, -0.25) is 4.90 Å². The maximum absolute atomic E-state index is 5.61. The summed E-state index contributed by atoms with van der Waals surface area (Å²) in [7, 11) is 0. The van der Waals surface area contributed by atoms with E-state index in [1.54, 1.807) is 6.20 Å². The third-order valence-corrected chi connectivity index (χ3v) is 6.38. The van der Waals surface area contributed by atoms with Crippen molar-refractivity contribution in [1.29, 1.82) is 0 Å². The number of hydrogen-bond donors (Lipinski definition) is 1. The molecule has 4 heterocycles. The summed E-state index contributed by atoms with van der Waals surface area (Å²) in [5, 5.41) is 4.69. The Morgan fingerprint density at radius 1 is 0.912 bits per heavy atom. The first-order chi connectivity index (χ1) is 16.8. The average molecular weight is 451 g/mol. The average Bonchev–Trinajstić information content (AvgIpc) is 3.38. The van der Waals surface area contributed by atoms with Crippen LogP contribution in [0.4, 0.5) is 5.82 Å². The van der Waals surface area contributed by atoms with E-state index in [4.69, 9.17) is 14.7 Å². The number of ether oxygens (including phenoxy) is 1. The number of benzene rings is 2. The Hall–Kier alpha value is -3.81. The van der Waals surface area contributed by atoms with Gasteiger partial charge in [0, 0.05) is 49.2 Å². The predicted octanol–water partition coefficient (Wildman–Crippen LogP) is 4.43. The molecule has 0 saturated carbocycles. The third-order valence-electron chi connectivity index (χ3n) is 6.38. The van der Waals surface area contributed by atoms with E-state index in [2.05, 4.69) is 51.6 Å². The number of fused-ring (bicyclic) bond motifs is 2. The normalized spacial score (nSPS) is 15.5. The van der Waals surface area contributed by atoms with E-state index in [0.29, 0.717) is 5.82 Å². The Bertz CT molecular complexity index is 1410. The molecule has 0 aliphatic carbocycles. The molecule has 0 spiro atoms. The van der Waals surface area contributed by atoms with Gasteiger partial charge in [-0.25, -0.2) is 15.0 Å². The van der Waals surface area contributed by atoms with Crippen LogP contribution in [0, 0.1) is 0 Å². The van der Waals surface area contributed by atoms with Gasteiger partial charge >= 0.3 is 0 Å². The topological polar surface area (TPSA) is 67.6 Å². The summed E-state index contributed by atoms with van der Waals surface area (Å²) < 4.78 is 7.60. The van der Waals surface area contributed by atoms with E-state index in [9.17, 15) is 0 Å². The summed E-state index contributed by atoms with van der Waals surface area (Å²) >= 11 is 0. The smallest absolute Gasteiger partial charge is 0.163 e. The first-order valence-electron chi connectivity index (χ1n) is 11.7. The van der Waals surface area contributed by atoms with Gasteiger partial charge in [-0.05, 0) is 29.8 Å². The SMILES string of the molecule is c1ccc(C(CNc2nc(-c3ccc4nccn4c3)nc3ccccc23)N2CCOCC2)cc1. The molecule has 6 rings (SSSR count). The fourth-order valence-corrected chi connectivity index (χ4v) is 4.61. The van der Waals surface area contributed by atoms with Crippen LogP contribution < -0.4 is 5.32 Å². The molecule has 0 radical (unpaired) electrons. The molecule has 0 amide bonds. The Labute approximate surface area is 198 Å². The minimum absolute atomic E-state index is 0.226. The second-order valence-corrected chi connectivity index (χ2v) is 8.48. The zero-order valence-electron chi connectivity index (χ0n) is 18.8. The predicted molar refractivity (Wildman–Crippen MR) is 134 cm³/mol. The summed E-state index contributed by atoms with van der Waals surface area (Å²) in [4.78, 5) is 16.7. The minimum atomic E-state index is 0.226. The number of imidazole rings is 1. The molecule has 7 heteroatoms. The Morgan fingerprint density at radius 2 is 1.74 bits per heavy atom. The summed E-state index contributed by atoms with van der Waals surface area (Å²) in [6.07, 6.45) is 5.76. The Morgan fingerprint density at radius 3 is 2.62 bits per heavy atom. The van der Waals surface area contributed by atoms with Crippen molar-refractivity contribution in [1.82, 2.24) is 24.3 Å². The highest BCUT2D eigenvalue weighted by molar-refractivity contribution is 5.90. The van der Waals surface area contributed by atoms with Crippen molar-refractivity contribution in [2.45, 2.75) is 6.04 Å². The Balaban J connectivity index is 1.36. The number of aromatic nitrogens is 4. The van der Waals surface area contributed by atoms with E-state index >= 15 is 0 Å². The monoisotopic (exact) mass is 450 g/mol. The summed E-state index contributed by atoms with van der Waals surface area (Å²) in [5.41, 5.74) is 4.07. The number of pyridine rings is 1. The number of nitrogens with one attached hydrogen (secondary N) is 1. The minimum Gasteiger partial charge on any atom is -0.379 e. The molecule has 1 saturated heterocycles. The number of nitrogens with zero attached hydrogens (tertiary/aromatic N) is 5. The molecule has 34 heavy (non-hydrogen) atoms. The summed E-state index contributed by atoms with van der Waals surface area (Å²) in [6, 6.07) is 23.1. The highest BCUT2D eigenvalue weighted by Crippen LogP contribution is 2.27. The van der Waals surface area contributed by atoms with Crippen LogP contribution in [0.5, 0.6) is 0 Å². The maximum Gasteiger partial charge on any atom is 0.163 e. The fraction of sp³-hybridized carbons (Fsp3) is 0.222. The molecular formula is C27H26N6O. The lowest BCUT2D eigenvalue weighted by Gasteiger charge is -2.35. The lowest BCUT2D eigenvalue weighted by molar-refractivity contribution is 0.0187. The van der Waals surface area contributed by atoms with Gasteiger partial charge in [-0.1, -0.05) is 42.5 Å². The number of para-hydroxylation sites is 1. The molecule has 170 valence electrons. The molecule has 5 aromatic rings. The largest absolute Gasteiger partial charge is 0.379 e. The van der Waals surface area contributed by atoms with Gasteiger partial charge in [-0.15, -0.1) is 0 Å². The quantitative estimate of drug-likeness (QED) is 0.413. The lowest BCUT2D eigenvalue weighted by atomic mass is 10.0. The second-order valence-electron chi connectivity index (χ2n) is 8.48. The zero-order valence-corrected chi connectivity index (χ0v) is 18.8. The third kappa shape index (κ3) is 4.11. The van der Waals surface area contributed by atoms with Gasteiger partial charge in [0.1, 0.15) is 11.5 Å². The van der Waals surface area contributed by atoms with Crippen molar-refractivity contribution >= 4 is 22.4 Å². The molecule has 1 N–H and O–H groups in total. The lowest BCUT2D eigenvalue weighted by Crippen LogP contribution is -2.41. The van der Waals surface area contributed by atoms with Gasteiger partial charge in [0.2, 0.25) is 0 Å². The van der Waals surface area contributed by atoms with Gasteiger partial charge in [-0.2, -0.15) is 0 Å². The molecule has 1 aliphatic rings. The van der Waals surface area contributed by atoms with Crippen LogP contribution in [0.15, 0.2) is 85.3 Å². The van der Waals surface area contributed by atoms with Gasteiger partial charge < -0.3 is 14.5 Å². The highest BCUT2D eigenvalue weighted by Gasteiger charge is 2.23. The van der Waals surface area contributed by atoms with Crippen molar-refractivity contribution in [3.63, 3.8) is 0 Å². The van der Waals surface area contributed by atoms with Crippen LogP contribution in [0.25, 0.3) is 27.9 Å². The molecule has 2 aromatic carbocycles. The standard InChI is InChI=1S/C27H26N6O/c1-2-6-20(7-3-1)24(32-14-16-34-17-15-32)18-29-27-22-8-4-5-9-23(22)30-26(31-27)21-10-11-25-28-12-13-33(25)19-21/h1-13,19,24H,14-18H2,(H,29,30,31). The maximum atomic E-state index is 5.61. The first kappa shape index (κ1) is 20.8. The molecule has 7 nitrogen and oxygen atoms in total. The molecule has 0 bridgehead atoms. The van der Waals surface area contributed by atoms with Crippen molar-refractivity contribution in [2.75, 3.05) is 38.2 Å². The number of anilines is 1. The van der Waals surface area contributed by atoms with Crippen molar-refractivity contribution in [3.8, 4) is 11.4 Å². The van der Waals surface area contributed by atoms with Crippen molar-refractivity contribution in [3.05, 3.63) is 90.9 Å².